The van der Waals surface area contributed by atoms with Crippen molar-refractivity contribution in [3.05, 3.63) is 58.0 Å². The van der Waals surface area contributed by atoms with Gasteiger partial charge in [0.15, 0.2) is 5.78 Å². The van der Waals surface area contributed by atoms with Crippen LogP contribution in [-0.2, 0) is 13.5 Å². The zero-order valence-electron chi connectivity index (χ0n) is 11.8. The molecule has 0 aliphatic heterocycles. The first-order chi connectivity index (χ1) is 10.1. The quantitative estimate of drug-likeness (QED) is 0.684. The summed E-state index contributed by atoms with van der Waals surface area (Å²) >= 11 is 3.50. The summed E-state index contributed by atoms with van der Waals surface area (Å²) in [5.74, 6) is 0.0444. The molecule has 5 heteroatoms. The van der Waals surface area contributed by atoms with Crippen LogP contribution < -0.4 is 0 Å². The Hall–Kier alpha value is -2.01. The number of carbonyl (C=O) groups is 1. The second kappa shape index (κ2) is 5.41. The molecular formula is C16H14BrN3O. The Morgan fingerprint density at radius 1 is 1.29 bits per heavy atom. The van der Waals surface area contributed by atoms with Crippen LogP contribution in [0.2, 0.25) is 0 Å². The molecule has 0 atom stereocenters. The standard InChI is InChI=1S/C16H14BrN3O/c1-10-15(17)13(20(2)19-10)9-14(21)12-7-3-5-11-6-4-8-18-16(11)12/h3-8H,9H2,1-2H3. The summed E-state index contributed by atoms with van der Waals surface area (Å²) in [5.41, 5.74) is 3.17. The SMILES string of the molecule is Cc1nn(C)c(CC(=O)c2cccc3cccnc23)c1Br. The number of halogens is 1. The summed E-state index contributed by atoms with van der Waals surface area (Å²) in [6, 6.07) is 9.51. The molecule has 0 fully saturated rings. The zero-order chi connectivity index (χ0) is 15.0. The lowest BCUT2D eigenvalue weighted by molar-refractivity contribution is 0.0992. The molecule has 106 valence electrons. The van der Waals surface area contributed by atoms with Gasteiger partial charge in [0.05, 0.1) is 27.8 Å². The Balaban J connectivity index is 2.02. The van der Waals surface area contributed by atoms with Crippen LogP contribution in [0.3, 0.4) is 0 Å². The molecule has 0 saturated carbocycles. The molecule has 0 aliphatic carbocycles. The predicted octanol–water partition coefficient (Wildman–Crippen LogP) is 3.46. The van der Waals surface area contributed by atoms with Crippen LogP contribution in [-0.4, -0.2) is 20.5 Å². The average Bonchev–Trinajstić information content (AvgIpc) is 2.73. The average molecular weight is 344 g/mol. The number of rotatable bonds is 3. The fourth-order valence-electron chi connectivity index (χ4n) is 2.45. The first-order valence-electron chi connectivity index (χ1n) is 6.63. The van der Waals surface area contributed by atoms with E-state index in [-0.39, 0.29) is 5.78 Å². The minimum Gasteiger partial charge on any atom is -0.294 e. The number of nitrogens with zero attached hydrogens (tertiary/aromatic N) is 3. The molecule has 0 unspecified atom stereocenters. The second-order valence-electron chi connectivity index (χ2n) is 4.95. The van der Waals surface area contributed by atoms with Crippen molar-refractivity contribution in [3.8, 4) is 0 Å². The lowest BCUT2D eigenvalue weighted by Gasteiger charge is -2.06. The number of Topliss-reactive ketones (excluding diaryl/α,β-unsaturated/α-hetero) is 1. The van der Waals surface area contributed by atoms with Gasteiger partial charge in [0, 0.05) is 24.2 Å². The number of carbonyl (C=O) groups excluding carboxylic acids is 1. The molecule has 3 rings (SSSR count). The summed E-state index contributed by atoms with van der Waals surface area (Å²) in [6.07, 6.45) is 2.01. The third-order valence-electron chi connectivity index (χ3n) is 3.52. The number of aromatic nitrogens is 3. The third kappa shape index (κ3) is 2.49. The van der Waals surface area contributed by atoms with Gasteiger partial charge in [-0.15, -0.1) is 0 Å². The molecule has 2 heterocycles. The Morgan fingerprint density at radius 3 is 2.76 bits per heavy atom. The highest BCUT2D eigenvalue weighted by Crippen LogP contribution is 2.23. The molecule has 0 amide bonds. The lowest BCUT2D eigenvalue weighted by atomic mass is 10.0. The molecular weight excluding hydrogens is 330 g/mol. The fourth-order valence-corrected chi connectivity index (χ4v) is 2.92. The highest BCUT2D eigenvalue weighted by Gasteiger charge is 2.17. The fraction of sp³-hybridized carbons (Fsp3) is 0.188. The summed E-state index contributed by atoms with van der Waals surface area (Å²) in [7, 11) is 1.85. The zero-order valence-corrected chi connectivity index (χ0v) is 13.4. The number of ketones is 1. The van der Waals surface area contributed by atoms with Gasteiger partial charge in [0.1, 0.15) is 0 Å². The predicted molar refractivity (Wildman–Crippen MR) is 85.4 cm³/mol. The number of fused-ring (bicyclic) bond motifs is 1. The van der Waals surface area contributed by atoms with Crippen LogP contribution in [0.4, 0.5) is 0 Å². The summed E-state index contributed by atoms with van der Waals surface area (Å²) in [5, 5.41) is 5.30. The molecule has 0 radical (unpaired) electrons. The van der Waals surface area contributed by atoms with Crippen molar-refractivity contribution in [2.24, 2.45) is 7.05 Å². The number of para-hydroxylation sites is 1. The van der Waals surface area contributed by atoms with E-state index < -0.39 is 0 Å². The minimum atomic E-state index is 0.0444. The van der Waals surface area contributed by atoms with Crippen molar-refractivity contribution >= 4 is 32.6 Å². The number of hydrogen-bond donors (Lipinski definition) is 0. The molecule has 0 spiro atoms. The summed E-state index contributed by atoms with van der Waals surface area (Å²) < 4.78 is 2.64. The van der Waals surface area contributed by atoms with Gasteiger partial charge < -0.3 is 0 Å². The van der Waals surface area contributed by atoms with Crippen LogP contribution in [0.25, 0.3) is 10.9 Å². The highest BCUT2D eigenvalue weighted by atomic mass is 79.9. The molecule has 1 aromatic carbocycles. The van der Waals surface area contributed by atoms with E-state index in [1.165, 1.54) is 0 Å². The summed E-state index contributed by atoms with van der Waals surface area (Å²) in [6.45, 7) is 1.91. The van der Waals surface area contributed by atoms with Gasteiger partial charge in [-0.3, -0.25) is 14.5 Å². The van der Waals surface area contributed by atoms with Crippen molar-refractivity contribution < 1.29 is 4.79 Å². The maximum Gasteiger partial charge on any atom is 0.171 e. The summed E-state index contributed by atoms with van der Waals surface area (Å²) in [4.78, 5) is 17.0. The Labute approximate surface area is 130 Å². The number of pyridine rings is 1. The minimum absolute atomic E-state index is 0.0444. The van der Waals surface area contributed by atoms with E-state index >= 15 is 0 Å². The first-order valence-corrected chi connectivity index (χ1v) is 7.42. The monoisotopic (exact) mass is 343 g/mol. The lowest BCUT2D eigenvalue weighted by Crippen LogP contribution is -2.09. The van der Waals surface area contributed by atoms with Crippen molar-refractivity contribution in [2.75, 3.05) is 0 Å². The van der Waals surface area contributed by atoms with Gasteiger partial charge in [-0.05, 0) is 35.0 Å². The highest BCUT2D eigenvalue weighted by molar-refractivity contribution is 9.10. The van der Waals surface area contributed by atoms with E-state index in [9.17, 15) is 4.79 Å². The Kier molecular flexibility index (Phi) is 3.59. The van der Waals surface area contributed by atoms with Crippen molar-refractivity contribution in [1.82, 2.24) is 14.8 Å². The number of aryl methyl sites for hydroxylation is 2. The van der Waals surface area contributed by atoms with Gasteiger partial charge in [-0.2, -0.15) is 5.10 Å². The van der Waals surface area contributed by atoms with E-state index in [2.05, 4.69) is 26.0 Å². The molecule has 3 aromatic rings. The topological polar surface area (TPSA) is 47.8 Å². The number of hydrogen-bond acceptors (Lipinski definition) is 3. The smallest absolute Gasteiger partial charge is 0.171 e. The Morgan fingerprint density at radius 2 is 2.05 bits per heavy atom. The number of benzene rings is 1. The molecule has 0 bridgehead atoms. The van der Waals surface area contributed by atoms with Crippen LogP contribution in [0.15, 0.2) is 41.0 Å². The molecule has 2 aromatic heterocycles. The largest absolute Gasteiger partial charge is 0.294 e. The van der Waals surface area contributed by atoms with Crippen LogP contribution in [0.5, 0.6) is 0 Å². The van der Waals surface area contributed by atoms with E-state index in [0.717, 1.165) is 26.8 Å². The maximum absolute atomic E-state index is 12.6. The Bertz CT molecular complexity index is 833. The van der Waals surface area contributed by atoms with E-state index in [1.54, 1.807) is 10.9 Å². The van der Waals surface area contributed by atoms with Crippen LogP contribution in [0.1, 0.15) is 21.7 Å². The van der Waals surface area contributed by atoms with E-state index in [1.807, 2.05) is 44.3 Å². The normalized spacial score (nSPS) is 11.0. The van der Waals surface area contributed by atoms with Gasteiger partial charge >= 0.3 is 0 Å². The van der Waals surface area contributed by atoms with Crippen molar-refractivity contribution in [3.63, 3.8) is 0 Å². The molecule has 4 nitrogen and oxygen atoms in total. The molecule has 0 saturated heterocycles. The van der Waals surface area contributed by atoms with E-state index in [4.69, 9.17) is 0 Å². The molecule has 0 N–H and O–H groups in total. The van der Waals surface area contributed by atoms with Crippen LogP contribution >= 0.6 is 15.9 Å². The maximum atomic E-state index is 12.6. The van der Waals surface area contributed by atoms with Gasteiger partial charge in [0.2, 0.25) is 0 Å². The van der Waals surface area contributed by atoms with Gasteiger partial charge in [0.25, 0.3) is 0 Å². The second-order valence-corrected chi connectivity index (χ2v) is 5.74. The van der Waals surface area contributed by atoms with Crippen molar-refractivity contribution in [1.29, 1.82) is 0 Å². The first kappa shape index (κ1) is 13.9. The third-order valence-corrected chi connectivity index (χ3v) is 4.55. The van der Waals surface area contributed by atoms with Crippen molar-refractivity contribution in [2.45, 2.75) is 13.3 Å². The van der Waals surface area contributed by atoms with E-state index in [0.29, 0.717) is 12.0 Å². The van der Waals surface area contributed by atoms with Crippen LogP contribution in [0, 0.1) is 6.92 Å². The molecule has 21 heavy (non-hydrogen) atoms. The van der Waals surface area contributed by atoms with Gasteiger partial charge in [-0.1, -0.05) is 18.2 Å². The molecule has 0 aliphatic rings. The van der Waals surface area contributed by atoms with Gasteiger partial charge in [-0.25, -0.2) is 0 Å².